The van der Waals surface area contributed by atoms with Crippen molar-refractivity contribution >= 4 is 34.8 Å². The normalized spacial score (nSPS) is 9.40. The van der Waals surface area contributed by atoms with Crippen LogP contribution in [0.5, 0.6) is 0 Å². The lowest BCUT2D eigenvalue weighted by molar-refractivity contribution is 0.594. The predicted octanol–water partition coefficient (Wildman–Crippen LogP) is 0.919. The van der Waals surface area contributed by atoms with E-state index in [0.29, 0.717) is 6.42 Å². The number of nitrogens with two attached hydrogens (primary N) is 1. The van der Waals surface area contributed by atoms with Gasteiger partial charge in [-0.15, -0.1) is 24.8 Å². The lowest BCUT2D eigenvalue weighted by Gasteiger charge is -1.91. The summed E-state index contributed by atoms with van der Waals surface area (Å²) in [5.74, 6) is 0.115. The van der Waals surface area contributed by atoms with Gasteiger partial charge in [-0.1, -0.05) is 13.3 Å². The Morgan fingerprint density at radius 1 is 1.30 bits per heavy atom. The van der Waals surface area contributed by atoms with Gasteiger partial charge >= 0.3 is 0 Å². The van der Waals surface area contributed by atoms with E-state index in [1.165, 1.54) is 0 Å². The van der Waals surface area contributed by atoms with Crippen molar-refractivity contribution < 1.29 is 8.42 Å². The van der Waals surface area contributed by atoms with E-state index in [0.717, 1.165) is 6.42 Å². The van der Waals surface area contributed by atoms with Crippen molar-refractivity contribution in [3.05, 3.63) is 0 Å². The molecule has 6 heteroatoms. The summed E-state index contributed by atoms with van der Waals surface area (Å²) < 4.78 is 20.3. The van der Waals surface area contributed by atoms with E-state index in [1.807, 2.05) is 6.92 Å². The number of rotatable bonds is 3. The molecule has 0 atom stereocenters. The van der Waals surface area contributed by atoms with Crippen LogP contribution in [0, 0.1) is 0 Å². The highest BCUT2D eigenvalue weighted by atomic mass is 35.5. The second kappa shape index (κ2) is 7.60. The third-order valence-corrected chi connectivity index (χ3v) is 1.64. The van der Waals surface area contributed by atoms with E-state index in [-0.39, 0.29) is 30.6 Å². The molecule has 0 aromatic heterocycles. The lowest BCUT2D eigenvalue weighted by Crippen LogP contribution is -2.15. The number of hydrogen-bond donors (Lipinski definition) is 1. The van der Waals surface area contributed by atoms with Gasteiger partial charge in [0, 0.05) is 0 Å². The summed E-state index contributed by atoms with van der Waals surface area (Å²) >= 11 is 0. The fourth-order valence-electron chi connectivity index (χ4n) is 0.346. The van der Waals surface area contributed by atoms with Crippen molar-refractivity contribution in [1.29, 1.82) is 0 Å². The maximum Gasteiger partial charge on any atom is 0.209 e. The van der Waals surface area contributed by atoms with Crippen LogP contribution in [-0.4, -0.2) is 14.2 Å². The predicted molar refractivity (Wildman–Crippen MR) is 47.4 cm³/mol. The molecule has 0 bridgehead atoms. The smallest absolute Gasteiger partial charge is 0.209 e. The van der Waals surface area contributed by atoms with Crippen molar-refractivity contribution in [2.24, 2.45) is 5.14 Å². The van der Waals surface area contributed by atoms with Crippen molar-refractivity contribution in [3.8, 4) is 0 Å². The molecule has 2 N–H and O–H groups in total. The summed E-state index contributed by atoms with van der Waals surface area (Å²) in [6.45, 7) is 1.92. The van der Waals surface area contributed by atoms with Crippen LogP contribution in [-0.2, 0) is 10.0 Å². The molecule has 0 aromatic carbocycles. The molecule has 0 spiro atoms. The third kappa shape index (κ3) is 15.8. The van der Waals surface area contributed by atoms with Crippen molar-refractivity contribution in [2.45, 2.75) is 19.8 Å². The quantitative estimate of drug-likeness (QED) is 0.752. The van der Waals surface area contributed by atoms with Crippen molar-refractivity contribution in [3.63, 3.8) is 0 Å². The molecule has 0 unspecified atom stereocenters. The topological polar surface area (TPSA) is 60.2 Å². The molecule has 0 amide bonds. The molecular weight excluding hydrogens is 197 g/mol. The summed E-state index contributed by atoms with van der Waals surface area (Å²) in [6.07, 6.45) is 1.54. The Hall–Kier alpha value is 0.490. The van der Waals surface area contributed by atoms with Crippen LogP contribution in [0.2, 0.25) is 0 Å². The van der Waals surface area contributed by atoms with Gasteiger partial charge < -0.3 is 0 Å². The lowest BCUT2D eigenvalue weighted by atomic mass is 10.4. The van der Waals surface area contributed by atoms with Gasteiger partial charge in [0.15, 0.2) is 0 Å². The molecular formula is C4H13Cl2NO2S. The average Bonchev–Trinajstić information content (AvgIpc) is 1.59. The van der Waals surface area contributed by atoms with Gasteiger partial charge in [0.05, 0.1) is 5.75 Å². The zero-order chi connectivity index (χ0) is 6.62. The third-order valence-electron chi connectivity index (χ3n) is 0.782. The molecule has 0 heterocycles. The van der Waals surface area contributed by atoms with Gasteiger partial charge in [0.2, 0.25) is 10.0 Å². The van der Waals surface area contributed by atoms with Crippen molar-refractivity contribution in [2.75, 3.05) is 5.75 Å². The largest absolute Gasteiger partial charge is 0.229 e. The highest BCUT2D eigenvalue weighted by molar-refractivity contribution is 7.89. The molecule has 66 valence electrons. The van der Waals surface area contributed by atoms with Crippen LogP contribution in [0.25, 0.3) is 0 Å². The Balaban J connectivity index is -0.000000245. The van der Waals surface area contributed by atoms with Crippen LogP contribution in [0.3, 0.4) is 0 Å². The Morgan fingerprint density at radius 3 is 1.80 bits per heavy atom. The Kier molecular flexibility index (Phi) is 12.8. The van der Waals surface area contributed by atoms with E-state index in [4.69, 9.17) is 5.14 Å². The fourth-order valence-corrected chi connectivity index (χ4v) is 1.04. The molecule has 3 nitrogen and oxygen atoms in total. The molecule has 0 fully saturated rings. The molecule has 0 aliphatic carbocycles. The summed E-state index contributed by atoms with van der Waals surface area (Å²) in [6, 6.07) is 0. The van der Waals surface area contributed by atoms with Gasteiger partial charge in [-0.25, -0.2) is 13.6 Å². The minimum absolute atomic E-state index is 0. The maximum absolute atomic E-state index is 10.2. The van der Waals surface area contributed by atoms with Gasteiger partial charge in [0.25, 0.3) is 0 Å². The number of unbranched alkanes of at least 4 members (excludes halogenated alkanes) is 1. The zero-order valence-corrected chi connectivity index (χ0v) is 8.19. The molecule has 0 saturated carbocycles. The zero-order valence-electron chi connectivity index (χ0n) is 5.74. The summed E-state index contributed by atoms with van der Waals surface area (Å²) in [4.78, 5) is 0. The molecule has 0 radical (unpaired) electrons. The Bertz CT molecular complexity index is 145. The minimum atomic E-state index is -3.19. The van der Waals surface area contributed by atoms with Crippen molar-refractivity contribution in [1.82, 2.24) is 0 Å². The van der Waals surface area contributed by atoms with Gasteiger partial charge in [-0.05, 0) is 6.42 Å². The second-order valence-corrected chi connectivity index (χ2v) is 3.45. The van der Waals surface area contributed by atoms with Gasteiger partial charge in [0.1, 0.15) is 0 Å². The standard InChI is InChI=1S/C4H11NO2S.2ClH/c1-2-3-4-8(5,6)7;;/h2-4H2,1H3,(H2,5,6,7);2*1H. The van der Waals surface area contributed by atoms with Gasteiger partial charge in [-0.2, -0.15) is 0 Å². The fraction of sp³-hybridized carbons (Fsp3) is 1.00. The van der Waals surface area contributed by atoms with E-state index in [9.17, 15) is 8.42 Å². The molecule has 0 rings (SSSR count). The Labute approximate surface area is 74.2 Å². The first-order valence-electron chi connectivity index (χ1n) is 2.56. The first-order chi connectivity index (χ1) is 3.56. The SMILES string of the molecule is CCCCS(N)(=O)=O.Cl.Cl. The molecule has 0 saturated heterocycles. The first kappa shape index (κ1) is 16.8. The minimum Gasteiger partial charge on any atom is -0.229 e. The van der Waals surface area contributed by atoms with Crippen LogP contribution in [0.15, 0.2) is 0 Å². The summed E-state index contributed by atoms with van der Waals surface area (Å²) in [5.41, 5.74) is 0. The van der Waals surface area contributed by atoms with E-state index in [1.54, 1.807) is 0 Å². The van der Waals surface area contributed by atoms with E-state index < -0.39 is 10.0 Å². The van der Waals surface area contributed by atoms with E-state index in [2.05, 4.69) is 0 Å². The van der Waals surface area contributed by atoms with E-state index >= 15 is 0 Å². The first-order valence-corrected chi connectivity index (χ1v) is 4.28. The number of hydrogen-bond acceptors (Lipinski definition) is 2. The maximum atomic E-state index is 10.2. The summed E-state index contributed by atoms with van der Waals surface area (Å²) in [5, 5.41) is 4.69. The van der Waals surface area contributed by atoms with Crippen LogP contribution in [0.4, 0.5) is 0 Å². The molecule has 0 aliphatic heterocycles. The van der Waals surface area contributed by atoms with Gasteiger partial charge in [-0.3, -0.25) is 0 Å². The average molecular weight is 210 g/mol. The number of sulfonamides is 1. The second-order valence-electron chi connectivity index (χ2n) is 1.72. The molecule has 0 aromatic rings. The summed E-state index contributed by atoms with van der Waals surface area (Å²) in [7, 11) is -3.19. The van der Waals surface area contributed by atoms with Crippen LogP contribution >= 0.6 is 24.8 Å². The number of halogens is 2. The highest BCUT2D eigenvalue weighted by Crippen LogP contribution is 1.88. The molecule has 0 aliphatic rings. The highest BCUT2D eigenvalue weighted by Gasteiger charge is 1.98. The monoisotopic (exact) mass is 209 g/mol. The van der Waals surface area contributed by atoms with Crippen LogP contribution in [0.1, 0.15) is 19.8 Å². The molecule has 10 heavy (non-hydrogen) atoms. The van der Waals surface area contributed by atoms with Crippen LogP contribution < -0.4 is 5.14 Å². The number of primary sulfonamides is 1. The Morgan fingerprint density at radius 2 is 1.70 bits per heavy atom.